The highest BCUT2D eigenvalue weighted by atomic mass is 19.1. The number of pyridine rings is 1. The lowest BCUT2D eigenvalue weighted by Crippen LogP contribution is -2.15. The van der Waals surface area contributed by atoms with Gasteiger partial charge in [-0.3, -0.25) is 9.78 Å². The van der Waals surface area contributed by atoms with Crippen LogP contribution >= 0.6 is 0 Å². The van der Waals surface area contributed by atoms with Gasteiger partial charge in [-0.2, -0.15) is 0 Å². The Hall–Kier alpha value is -3.60. The third kappa shape index (κ3) is 4.31. The molecule has 3 nitrogen and oxygen atoms in total. The van der Waals surface area contributed by atoms with Crippen molar-refractivity contribution in [3.8, 4) is 0 Å². The first-order chi connectivity index (χ1) is 14.9. The van der Waals surface area contributed by atoms with Gasteiger partial charge >= 0.3 is 0 Å². The van der Waals surface area contributed by atoms with E-state index in [4.69, 9.17) is 0 Å². The molecule has 0 saturated carbocycles. The summed E-state index contributed by atoms with van der Waals surface area (Å²) in [4.78, 5) is 16.6. The standard InChI is InChI=1S/C26H22F2N2O/c1-16-6-7-19(22-15-29-13-12-17(22)2)14-21(16)18-8-10-20(11-9-18)30-26(31)25-23(27)4-3-5-24(25)28/h3-5,8-15H,6-7H2,1-2H3,(H,30,31). The van der Waals surface area contributed by atoms with Crippen LogP contribution in [-0.2, 0) is 0 Å². The average Bonchev–Trinajstić information content (AvgIpc) is 2.75. The van der Waals surface area contributed by atoms with Gasteiger partial charge in [0.05, 0.1) is 0 Å². The summed E-state index contributed by atoms with van der Waals surface area (Å²) >= 11 is 0. The number of aromatic nitrogens is 1. The van der Waals surface area contributed by atoms with E-state index in [1.54, 1.807) is 18.3 Å². The largest absolute Gasteiger partial charge is 0.322 e. The highest BCUT2D eigenvalue weighted by Gasteiger charge is 2.18. The number of rotatable bonds is 4. The molecule has 3 aromatic rings. The van der Waals surface area contributed by atoms with Gasteiger partial charge in [0.25, 0.3) is 5.91 Å². The van der Waals surface area contributed by atoms with Crippen molar-refractivity contribution >= 4 is 22.7 Å². The van der Waals surface area contributed by atoms with Crippen LogP contribution in [0, 0.1) is 18.6 Å². The van der Waals surface area contributed by atoms with E-state index in [1.165, 1.54) is 22.8 Å². The van der Waals surface area contributed by atoms with Crippen LogP contribution < -0.4 is 5.32 Å². The molecule has 4 rings (SSSR count). The predicted octanol–water partition coefficient (Wildman–Crippen LogP) is 6.57. The molecule has 0 fully saturated rings. The normalized spacial score (nSPS) is 13.7. The number of aryl methyl sites for hydroxylation is 1. The molecular weight excluding hydrogens is 394 g/mol. The average molecular weight is 416 g/mol. The van der Waals surface area contributed by atoms with E-state index < -0.39 is 23.1 Å². The number of anilines is 1. The minimum Gasteiger partial charge on any atom is -0.322 e. The zero-order valence-electron chi connectivity index (χ0n) is 17.4. The zero-order valence-corrected chi connectivity index (χ0v) is 17.4. The topological polar surface area (TPSA) is 42.0 Å². The highest BCUT2D eigenvalue weighted by Crippen LogP contribution is 2.36. The summed E-state index contributed by atoms with van der Waals surface area (Å²) in [7, 11) is 0. The molecule has 0 aliphatic heterocycles. The van der Waals surface area contributed by atoms with Gasteiger partial charge in [0.15, 0.2) is 0 Å². The van der Waals surface area contributed by atoms with Gasteiger partial charge in [0.2, 0.25) is 0 Å². The molecule has 31 heavy (non-hydrogen) atoms. The van der Waals surface area contributed by atoms with E-state index in [0.29, 0.717) is 5.69 Å². The summed E-state index contributed by atoms with van der Waals surface area (Å²) in [6.45, 7) is 4.20. The van der Waals surface area contributed by atoms with E-state index in [2.05, 4.69) is 30.2 Å². The number of benzene rings is 2. The van der Waals surface area contributed by atoms with Gasteiger partial charge in [0, 0.05) is 18.1 Å². The molecular formula is C26H22F2N2O. The number of carbonyl (C=O) groups is 1. The summed E-state index contributed by atoms with van der Waals surface area (Å²) in [5.41, 5.74) is 6.93. The minimum absolute atomic E-state index is 0.470. The summed E-state index contributed by atoms with van der Waals surface area (Å²) in [5.74, 6) is -2.59. The number of allylic oxidation sites excluding steroid dienone is 4. The maximum absolute atomic E-state index is 13.8. The molecule has 2 aromatic carbocycles. The van der Waals surface area contributed by atoms with Crippen LogP contribution in [0.25, 0.3) is 11.1 Å². The van der Waals surface area contributed by atoms with Gasteiger partial charge in [-0.1, -0.05) is 29.8 Å². The molecule has 1 aliphatic carbocycles. The molecule has 0 saturated heterocycles. The van der Waals surface area contributed by atoms with E-state index in [9.17, 15) is 13.6 Å². The lowest BCUT2D eigenvalue weighted by molar-refractivity contribution is 0.101. The molecule has 0 spiro atoms. The molecule has 5 heteroatoms. The number of hydrogen-bond donors (Lipinski definition) is 1. The Labute approximate surface area is 180 Å². The quantitative estimate of drug-likeness (QED) is 0.523. The molecule has 156 valence electrons. The highest BCUT2D eigenvalue weighted by molar-refractivity contribution is 6.04. The fourth-order valence-electron chi connectivity index (χ4n) is 3.81. The number of nitrogens with zero attached hydrogens (tertiary/aromatic N) is 1. The van der Waals surface area contributed by atoms with Gasteiger partial charge in [-0.05, 0) is 84.9 Å². The van der Waals surface area contributed by atoms with Crippen molar-refractivity contribution in [1.29, 1.82) is 0 Å². The molecule has 0 atom stereocenters. The van der Waals surface area contributed by atoms with Crippen molar-refractivity contribution in [1.82, 2.24) is 4.98 Å². The number of nitrogens with one attached hydrogen (secondary N) is 1. The summed E-state index contributed by atoms with van der Waals surface area (Å²) in [6.07, 6.45) is 7.82. The predicted molar refractivity (Wildman–Crippen MR) is 120 cm³/mol. The molecule has 1 N–H and O–H groups in total. The van der Waals surface area contributed by atoms with Crippen LogP contribution in [0.5, 0.6) is 0 Å². The summed E-state index contributed by atoms with van der Waals surface area (Å²) in [5, 5.41) is 2.56. The lowest BCUT2D eigenvalue weighted by atomic mass is 9.86. The molecule has 1 amide bonds. The second-order valence-electron chi connectivity index (χ2n) is 7.68. The maximum atomic E-state index is 13.8. The van der Waals surface area contributed by atoms with Gasteiger partial charge in [-0.25, -0.2) is 8.78 Å². The fraction of sp³-hybridized carbons (Fsp3) is 0.154. The van der Waals surface area contributed by atoms with E-state index in [0.717, 1.165) is 41.7 Å². The summed E-state index contributed by atoms with van der Waals surface area (Å²) < 4.78 is 27.7. The van der Waals surface area contributed by atoms with Crippen LogP contribution in [0.1, 0.15) is 46.8 Å². The molecule has 1 aliphatic rings. The molecule has 0 bridgehead atoms. The lowest BCUT2D eigenvalue weighted by Gasteiger charge is -2.20. The molecule has 0 radical (unpaired) electrons. The van der Waals surface area contributed by atoms with Crippen molar-refractivity contribution in [3.63, 3.8) is 0 Å². The second kappa shape index (κ2) is 8.64. The zero-order chi connectivity index (χ0) is 22.0. The monoisotopic (exact) mass is 416 g/mol. The van der Waals surface area contributed by atoms with Crippen LogP contribution in [-0.4, -0.2) is 10.9 Å². The fourth-order valence-corrected chi connectivity index (χ4v) is 3.81. The van der Waals surface area contributed by atoms with Crippen molar-refractivity contribution < 1.29 is 13.6 Å². The number of hydrogen-bond acceptors (Lipinski definition) is 2. The third-order valence-corrected chi connectivity index (χ3v) is 5.58. The van der Waals surface area contributed by atoms with Crippen molar-refractivity contribution in [2.24, 2.45) is 0 Å². The van der Waals surface area contributed by atoms with E-state index in [-0.39, 0.29) is 0 Å². The van der Waals surface area contributed by atoms with Crippen LogP contribution in [0.4, 0.5) is 14.5 Å². The Balaban J connectivity index is 1.58. The van der Waals surface area contributed by atoms with Gasteiger partial charge in [-0.15, -0.1) is 0 Å². The molecule has 1 aromatic heterocycles. The van der Waals surface area contributed by atoms with Gasteiger partial charge in [0.1, 0.15) is 17.2 Å². The first-order valence-corrected chi connectivity index (χ1v) is 10.1. The van der Waals surface area contributed by atoms with E-state index >= 15 is 0 Å². The SMILES string of the molecule is CC1=C(c2ccc(NC(=O)c3c(F)cccc3F)cc2)C=C(c2cnccc2C)CC1. The number of carbonyl (C=O) groups excluding carboxylic acids is 1. The molecule has 1 heterocycles. The Kier molecular flexibility index (Phi) is 5.76. The second-order valence-corrected chi connectivity index (χ2v) is 7.68. The Morgan fingerprint density at radius 2 is 1.68 bits per heavy atom. The Morgan fingerprint density at radius 3 is 2.35 bits per heavy atom. The Bertz CT molecular complexity index is 1190. The van der Waals surface area contributed by atoms with Crippen molar-refractivity contribution in [3.05, 3.63) is 106 Å². The third-order valence-electron chi connectivity index (χ3n) is 5.58. The van der Waals surface area contributed by atoms with Crippen LogP contribution in [0.3, 0.4) is 0 Å². The number of halogens is 2. The maximum Gasteiger partial charge on any atom is 0.261 e. The first kappa shape index (κ1) is 20.7. The van der Waals surface area contributed by atoms with Gasteiger partial charge < -0.3 is 5.32 Å². The van der Waals surface area contributed by atoms with E-state index in [1.807, 2.05) is 24.4 Å². The smallest absolute Gasteiger partial charge is 0.261 e. The first-order valence-electron chi connectivity index (χ1n) is 10.1. The number of amides is 1. The van der Waals surface area contributed by atoms with Crippen molar-refractivity contribution in [2.45, 2.75) is 26.7 Å². The molecule has 0 unspecified atom stereocenters. The van der Waals surface area contributed by atoms with Crippen LogP contribution in [0.2, 0.25) is 0 Å². The van der Waals surface area contributed by atoms with Crippen LogP contribution in [0.15, 0.2) is 72.6 Å². The minimum atomic E-state index is -0.888. The van der Waals surface area contributed by atoms with Crippen molar-refractivity contribution in [2.75, 3.05) is 5.32 Å². The summed E-state index contributed by atoms with van der Waals surface area (Å²) in [6, 6.07) is 12.7. The Morgan fingerprint density at radius 1 is 0.968 bits per heavy atom.